The Kier molecular flexibility index (Phi) is 3.79. The number of cyclic esters (lactones) is 1. The second-order valence-electron chi connectivity index (χ2n) is 8.52. The lowest BCUT2D eigenvalue weighted by Crippen LogP contribution is -2.64. The van der Waals surface area contributed by atoms with E-state index in [1.807, 2.05) is 0 Å². The second-order valence-corrected chi connectivity index (χ2v) is 8.52. The summed E-state index contributed by atoms with van der Waals surface area (Å²) in [5.74, 6) is -2.20. The number of rotatable bonds is 4. The molecule has 1 amide bonds. The van der Waals surface area contributed by atoms with Crippen molar-refractivity contribution in [1.82, 2.24) is 5.32 Å². The predicted molar refractivity (Wildman–Crippen MR) is 85.7 cm³/mol. The van der Waals surface area contributed by atoms with Gasteiger partial charge in [0.1, 0.15) is 6.42 Å². The lowest BCUT2D eigenvalue weighted by atomic mass is 9.53. The molecule has 2 N–H and O–H groups in total. The molecule has 0 aromatic rings. The summed E-state index contributed by atoms with van der Waals surface area (Å²) in [6.45, 7) is 1.04. The van der Waals surface area contributed by atoms with E-state index in [-0.39, 0.29) is 5.54 Å². The summed E-state index contributed by atoms with van der Waals surface area (Å²) in [4.78, 5) is 47.9. The van der Waals surface area contributed by atoms with E-state index in [9.17, 15) is 24.3 Å². The first-order chi connectivity index (χ1) is 12.2. The maximum absolute atomic E-state index is 12.9. The summed E-state index contributed by atoms with van der Waals surface area (Å²) in [7, 11) is 0. The number of amides is 1. The molecule has 26 heavy (non-hydrogen) atoms. The van der Waals surface area contributed by atoms with Crippen LogP contribution in [0.1, 0.15) is 51.9 Å². The fraction of sp³-hybridized carbons (Fsp3) is 0.778. The number of aliphatic carboxylic acids is 1. The van der Waals surface area contributed by atoms with Gasteiger partial charge in [-0.15, -0.1) is 0 Å². The van der Waals surface area contributed by atoms with Crippen LogP contribution in [0.15, 0.2) is 0 Å². The van der Waals surface area contributed by atoms with Gasteiger partial charge in [-0.05, 0) is 56.3 Å². The van der Waals surface area contributed by atoms with Crippen LogP contribution in [0.2, 0.25) is 0 Å². The molecule has 1 saturated heterocycles. The van der Waals surface area contributed by atoms with Crippen molar-refractivity contribution >= 4 is 23.8 Å². The summed E-state index contributed by atoms with van der Waals surface area (Å²) >= 11 is 0. The van der Waals surface area contributed by atoms with Crippen LogP contribution < -0.4 is 5.32 Å². The summed E-state index contributed by atoms with van der Waals surface area (Å²) in [6.07, 6.45) is 3.88. The zero-order valence-electron chi connectivity index (χ0n) is 14.7. The van der Waals surface area contributed by atoms with Crippen molar-refractivity contribution in [3.8, 4) is 0 Å². The van der Waals surface area contributed by atoms with Crippen molar-refractivity contribution < 1.29 is 33.8 Å². The number of carboxylic acid groups (broad SMARTS) is 1. The smallest absolute Gasteiger partial charge is 0.353 e. The molecule has 1 aliphatic heterocycles. The highest BCUT2D eigenvalue weighted by Crippen LogP contribution is 2.55. The fourth-order valence-corrected chi connectivity index (χ4v) is 6.01. The Hall–Kier alpha value is -2.12. The summed E-state index contributed by atoms with van der Waals surface area (Å²) < 4.78 is 9.95. The Labute approximate surface area is 150 Å². The van der Waals surface area contributed by atoms with Gasteiger partial charge >= 0.3 is 17.9 Å². The maximum atomic E-state index is 12.9. The Morgan fingerprint density at radius 2 is 1.65 bits per heavy atom. The van der Waals surface area contributed by atoms with Gasteiger partial charge < -0.3 is 19.9 Å². The monoisotopic (exact) mass is 365 g/mol. The minimum atomic E-state index is -2.30. The van der Waals surface area contributed by atoms with Crippen LogP contribution in [-0.2, 0) is 28.7 Å². The van der Waals surface area contributed by atoms with Gasteiger partial charge in [0.25, 0.3) is 11.5 Å². The van der Waals surface area contributed by atoms with Crippen LogP contribution in [0.25, 0.3) is 0 Å². The number of carbonyl (C=O) groups is 4. The Morgan fingerprint density at radius 3 is 2.12 bits per heavy atom. The van der Waals surface area contributed by atoms with Gasteiger partial charge in [-0.1, -0.05) is 0 Å². The van der Waals surface area contributed by atoms with E-state index < -0.39 is 41.9 Å². The number of carboxylic acids is 1. The fourth-order valence-electron chi connectivity index (χ4n) is 6.01. The van der Waals surface area contributed by atoms with Gasteiger partial charge in [0, 0.05) is 12.5 Å². The quantitative estimate of drug-likeness (QED) is 0.706. The summed E-state index contributed by atoms with van der Waals surface area (Å²) in [5, 5.41) is 12.6. The van der Waals surface area contributed by atoms with Crippen LogP contribution in [0.5, 0.6) is 0 Å². The zero-order chi connectivity index (χ0) is 18.7. The SMILES string of the molecule is CC(=O)OC1(C(=O)O)CC(=O)OC1C(=O)NC12CC3CC(CC(C3)C1)C2. The molecule has 0 aromatic heterocycles. The van der Waals surface area contributed by atoms with Crippen LogP contribution in [0.3, 0.4) is 0 Å². The Bertz CT molecular complexity index is 652. The molecule has 4 saturated carbocycles. The van der Waals surface area contributed by atoms with Crippen molar-refractivity contribution in [1.29, 1.82) is 0 Å². The third kappa shape index (κ3) is 2.66. The number of ether oxygens (including phenoxy) is 2. The highest BCUT2D eigenvalue weighted by molar-refractivity contribution is 5.99. The molecular weight excluding hydrogens is 342 g/mol. The van der Waals surface area contributed by atoms with Gasteiger partial charge in [0.15, 0.2) is 0 Å². The van der Waals surface area contributed by atoms with Crippen molar-refractivity contribution in [2.45, 2.75) is 69.1 Å². The van der Waals surface area contributed by atoms with Gasteiger partial charge in [0.2, 0.25) is 6.10 Å². The highest BCUT2D eigenvalue weighted by Gasteiger charge is 2.63. The normalized spacial score (nSPS) is 43.0. The first-order valence-electron chi connectivity index (χ1n) is 9.16. The molecule has 1 heterocycles. The van der Waals surface area contributed by atoms with Crippen LogP contribution in [-0.4, -0.2) is 46.2 Å². The van der Waals surface area contributed by atoms with E-state index in [1.54, 1.807) is 0 Å². The molecule has 5 rings (SSSR count). The Balaban J connectivity index is 1.57. The number of carbonyl (C=O) groups excluding carboxylic acids is 3. The molecule has 8 nitrogen and oxygen atoms in total. The molecular formula is C18H23NO7. The lowest BCUT2D eigenvalue weighted by Gasteiger charge is -2.57. The molecule has 4 aliphatic carbocycles. The number of hydrogen-bond acceptors (Lipinski definition) is 6. The minimum absolute atomic E-state index is 0.360. The van der Waals surface area contributed by atoms with Crippen molar-refractivity contribution in [3.05, 3.63) is 0 Å². The molecule has 0 aromatic carbocycles. The van der Waals surface area contributed by atoms with Gasteiger partial charge in [-0.3, -0.25) is 14.4 Å². The predicted octanol–water partition coefficient (Wildman–Crippen LogP) is 0.773. The molecule has 2 atom stereocenters. The van der Waals surface area contributed by atoms with E-state index in [1.165, 1.54) is 19.3 Å². The molecule has 4 bridgehead atoms. The van der Waals surface area contributed by atoms with E-state index >= 15 is 0 Å². The van der Waals surface area contributed by atoms with Gasteiger partial charge in [-0.2, -0.15) is 0 Å². The van der Waals surface area contributed by atoms with Gasteiger partial charge in [0.05, 0.1) is 0 Å². The summed E-state index contributed by atoms with van der Waals surface area (Å²) in [5.41, 5.74) is -2.66. The summed E-state index contributed by atoms with van der Waals surface area (Å²) in [6, 6.07) is 0. The largest absolute Gasteiger partial charge is 0.478 e. The molecule has 5 fully saturated rings. The first kappa shape index (κ1) is 17.3. The Morgan fingerprint density at radius 1 is 1.12 bits per heavy atom. The second kappa shape index (κ2) is 5.69. The topological polar surface area (TPSA) is 119 Å². The molecule has 5 aliphatic rings. The highest BCUT2D eigenvalue weighted by atomic mass is 16.6. The van der Waals surface area contributed by atoms with Crippen LogP contribution in [0.4, 0.5) is 0 Å². The molecule has 0 radical (unpaired) electrons. The van der Waals surface area contributed by atoms with E-state index in [2.05, 4.69) is 5.32 Å². The number of esters is 2. The van der Waals surface area contributed by atoms with Gasteiger partial charge in [-0.25, -0.2) is 4.79 Å². The first-order valence-corrected chi connectivity index (χ1v) is 9.16. The zero-order valence-corrected chi connectivity index (χ0v) is 14.7. The molecule has 8 heteroatoms. The minimum Gasteiger partial charge on any atom is -0.478 e. The molecule has 2 unspecified atom stereocenters. The number of hydrogen-bond donors (Lipinski definition) is 2. The van der Waals surface area contributed by atoms with Crippen molar-refractivity contribution in [3.63, 3.8) is 0 Å². The van der Waals surface area contributed by atoms with E-state index in [0.717, 1.165) is 26.2 Å². The molecule has 0 spiro atoms. The van der Waals surface area contributed by atoms with Crippen LogP contribution >= 0.6 is 0 Å². The van der Waals surface area contributed by atoms with E-state index in [4.69, 9.17) is 9.47 Å². The third-order valence-electron chi connectivity index (χ3n) is 6.43. The standard InChI is InChI=1S/C18H23NO7/c1-9(20)26-18(16(23)24)8-13(21)25-14(18)15(22)19-17-5-10-2-11(6-17)4-12(3-10)7-17/h10-12,14H,2-8H2,1H3,(H,19,22)(H,23,24). The van der Waals surface area contributed by atoms with Crippen molar-refractivity contribution in [2.24, 2.45) is 17.8 Å². The lowest BCUT2D eigenvalue weighted by molar-refractivity contribution is -0.186. The number of nitrogens with one attached hydrogen (secondary N) is 1. The van der Waals surface area contributed by atoms with Crippen molar-refractivity contribution in [2.75, 3.05) is 0 Å². The third-order valence-corrected chi connectivity index (χ3v) is 6.43. The molecule has 142 valence electrons. The van der Waals surface area contributed by atoms with E-state index in [0.29, 0.717) is 17.8 Å². The average molecular weight is 365 g/mol. The van der Waals surface area contributed by atoms with Crippen LogP contribution in [0, 0.1) is 17.8 Å². The average Bonchev–Trinajstić information content (AvgIpc) is 2.82. The maximum Gasteiger partial charge on any atom is 0.353 e.